The SMILES string of the molecule is CCc1nc2n[nH]c(N)c2c2c1COC(C)(C)C2.Cl. The van der Waals surface area contributed by atoms with Gasteiger partial charge in [0.2, 0.25) is 0 Å². The van der Waals surface area contributed by atoms with Crippen molar-refractivity contribution in [3.63, 3.8) is 0 Å². The zero-order chi connectivity index (χ0) is 12.9. The summed E-state index contributed by atoms with van der Waals surface area (Å²) in [6, 6.07) is 0. The maximum absolute atomic E-state index is 5.98. The van der Waals surface area contributed by atoms with E-state index in [4.69, 9.17) is 10.5 Å². The van der Waals surface area contributed by atoms with Crippen LogP contribution in [0.25, 0.3) is 11.0 Å². The summed E-state index contributed by atoms with van der Waals surface area (Å²) in [5.41, 5.74) is 10.1. The lowest BCUT2D eigenvalue weighted by Crippen LogP contribution is -2.32. The third-order valence-corrected chi connectivity index (χ3v) is 3.58. The maximum atomic E-state index is 5.98. The molecular weight excluding hydrogens is 264 g/mol. The van der Waals surface area contributed by atoms with Gasteiger partial charge in [-0.1, -0.05) is 6.92 Å². The predicted octanol–water partition coefficient (Wildman–Crippen LogP) is 2.38. The topological polar surface area (TPSA) is 76.8 Å². The summed E-state index contributed by atoms with van der Waals surface area (Å²) in [6.45, 7) is 6.91. The highest BCUT2D eigenvalue weighted by Crippen LogP contribution is 2.35. The van der Waals surface area contributed by atoms with E-state index in [1.165, 1.54) is 11.1 Å². The van der Waals surface area contributed by atoms with Crippen LogP contribution < -0.4 is 5.73 Å². The summed E-state index contributed by atoms with van der Waals surface area (Å²) >= 11 is 0. The first-order valence-electron chi connectivity index (χ1n) is 6.30. The number of pyridine rings is 1. The second-order valence-corrected chi connectivity index (χ2v) is 5.43. The molecular formula is C13H19ClN4O. The van der Waals surface area contributed by atoms with Gasteiger partial charge in [-0.05, 0) is 25.8 Å². The fourth-order valence-electron chi connectivity index (χ4n) is 2.65. The van der Waals surface area contributed by atoms with Gasteiger partial charge in [-0.2, -0.15) is 5.10 Å². The maximum Gasteiger partial charge on any atom is 0.183 e. The van der Waals surface area contributed by atoms with Crippen LogP contribution in [0.4, 0.5) is 5.82 Å². The molecule has 6 heteroatoms. The van der Waals surface area contributed by atoms with E-state index in [2.05, 4.69) is 36.0 Å². The molecule has 0 aromatic carbocycles. The molecule has 0 spiro atoms. The van der Waals surface area contributed by atoms with Crippen LogP contribution in [0.1, 0.15) is 37.6 Å². The molecule has 1 aliphatic heterocycles. The van der Waals surface area contributed by atoms with Gasteiger partial charge in [0.15, 0.2) is 5.65 Å². The largest absolute Gasteiger partial charge is 0.384 e. The van der Waals surface area contributed by atoms with Gasteiger partial charge in [-0.25, -0.2) is 4.98 Å². The Morgan fingerprint density at radius 3 is 2.79 bits per heavy atom. The minimum Gasteiger partial charge on any atom is -0.384 e. The van der Waals surface area contributed by atoms with Crippen LogP contribution in [0.2, 0.25) is 0 Å². The summed E-state index contributed by atoms with van der Waals surface area (Å²) in [5.74, 6) is 0.606. The number of nitrogens with two attached hydrogens (primary N) is 1. The Hall–Kier alpha value is -1.33. The van der Waals surface area contributed by atoms with Crippen molar-refractivity contribution in [2.75, 3.05) is 5.73 Å². The molecule has 0 saturated carbocycles. The molecule has 0 unspecified atom stereocenters. The van der Waals surface area contributed by atoms with Gasteiger partial charge in [0.1, 0.15) is 5.82 Å². The summed E-state index contributed by atoms with van der Waals surface area (Å²) in [5, 5.41) is 7.98. The number of H-pyrrole nitrogens is 1. The van der Waals surface area contributed by atoms with Crippen LogP contribution in [0.5, 0.6) is 0 Å². The predicted molar refractivity (Wildman–Crippen MR) is 77.5 cm³/mol. The molecule has 1 aliphatic rings. The number of aromatic amines is 1. The van der Waals surface area contributed by atoms with Crippen LogP contribution in [0.15, 0.2) is 0 Å². The van der Waals surface area contributed by atoms with Crippen molar-refractivity contribution in [2.45, 2.75) is 45.8 Å². The van der Waals surface area contributed by atoms with Crippen molar-refractivity contribution in [2.24, 2.45) is 0 Å². The fraction of sp³-hybridized carbons (Fsp3) is 0.538. The number of nitrogen functional groups attached to an aromatic ring is 1. The van der Waals surface area contributed by atoms with Gasteiger partial charge in [0.25, 0.3) is 0 Å². The van der Waals surface area contributed by atoms with Gasteiger partial charge in [0.05, 0.1) is 17.6 Å². The molecule has 0 atom stereocenters. The highest BCUT2D eigenvalue weighted by atomic mass is 35.5. The second-order valence-electron chi connectivity index (χ2n) is 5.43. The van der Waals surface area contributed by atoms with E-state index < -0.39 is 0 Å². The number of ether oxygens (including phenoxy) is 1. The molecule has 2 aromatic heterocycles. The average molecular weight is 283 g/mol. The van der Waals surface area contributed by atoms with Crippen LogP contribution in [-0.4, -0.2) is 20.8 Å². The first-order chi connectivity index (χ1) is 8.52. The number of nitrogens with one attached hydrogen (secondary N) is 1. The van der Waals surface area contributed by atoms with Gasteiger partial charge < -0.3 is 10.5 Å². The van der Waals surface area contributed by atoms with Crippen molar-refractivity contribution in [1.29, 1.82) is 0 Å². The lowest BCUT2D eigenvalue weighted by atomic mass is 9.89. The average Bonchev–Trinajstić information content (AvgIpc) is 2.68. The molecule has 2 aromatic rings. The van der Waals surface area contributed by atoms with E-state index in [0.29, 0.717) is 12.4 Å². The van der Waals surface area contributed by atoms with Crippen molar-refractivity contribution < 1.29 is 4.74 Å². The molecule has 0 radical (unpaired) electrons. The van der Waals surface area contributed by atoms with E-state index in [0.717, 1.165) is 29.6 Å². The molecule has 3 rings (SSSR count). The smallest absolute Gasteiger partial charge is 0.183 e. The van der Waals surface area contributed by atoms with Crippen molar-refractivity contribution in [3.8, 4) is 0 Å². The van der Waals surface area contributed by atoms with E-state index in [-0.39, 0.29) is 18.0 Å². The van der Waals surface area contributed by atoms with Crippen molar-refractivity contribution in [3.05, 3.63) is 16.8 Å². The number of hydrogen-bond acceptors (Lipinski definition) is 4. The third-order valence-electron chi connectivity index (χ3n) is 3.58. The Labute approximate surface area is 118 Å². The number of nitrogens with zero attached hydrogens (tertiary/aromatic N) is 2. The second kappa shape index (κ2) is 4.65. The first-order valence-corrected chi connectivity index (χ1v) is 6.30. The monoisotopic (exact) mass is 282 g/mol. The Balaban J connectivity index is 0.00000133. The molecule has 0 aliphatic carbocycles. The Morgan fingerprint density at radius 2 is 2.11 bits per heavy atom. The van der Waals surface area contributed by atoms with Gasteiger partial charge in [-0.3, -0.25) is 5.10 Å². The number of aryl methyl sites for hydroxylation is 1. The first kappa shape index (κ1) is 14.1. The number of aromatic nitrogens is 3. The lowest BCUT2D eigenvalue weighted by molar-refractivity contribution is -0.0401. The van der Waals surface area contributed by atoms with Crippen LogP contribution >= 0.6 is 12.4 Å². The van der Waals surface area contributed by atoms with E-state index in [9.17, 15) is 0 Å². The summed E-state index contributed by atoms with van der Waals surface area (Å²) < 4.78 is 5.89. The molecule has 0 fully saturated rings. The number of rotatable bonds is 1. The lowest BCUT2D eigenvalue weighted by Gasteiger charge is -2.33. The number of anilines is 1. The van der Waals surface area contributed by atoms with Crippen molar-refractivity contribution in [1.82, 2.24) is 15.2 Å². The third kappa shape index (κ3) is 2.17. The molecule has 0 saturated heterocycles. The number of hydrogen-bond donors (Lipinski definition) is 2. The van der Waals surface area contributed by atoms with Gasteiger partial charge in [-0.15, -0.1) is 12.4 Å². The quantitative estimate of drug-likeness (QED) is 0.842. The summed E-state index contributed by atoms with van der Waals surface area (Å²) in [7, 11) is 0. The molecule has 19 heavy (non-hydrogen) atoms. The molecule has 104 valence electrons. The number of fused-ring (bicyclic) bond motifs is 3. The van der Waals surface area contributed by atoms with E-state index in [1.807, 2.05) is 0 Å². The zero-order valence-corrected chi connectivity index (χ0v) is 12.2. The summed E-state index contributed by atoms with van der Waals surface area (Å²) in [6.07, 6.45) is 1.73. The van der Waals surface area contributed by atoms with Crippen LogP contribution in [-0.2, 0) is 24.2 Å². The van der Waals surface area contributed by atoms with E-state index >= 15 is 0 Å². The number of halogens is 1. The van der Waals surface area contributed by atoms with E-state index in [1.54, 1.807) is 0 Å². The Bertz CT molecular complexity index is 621. The normalized spacial score (nSPS) is 17.0. The molecule has 0 amide bonds. The molecule has 3 N–H and O–H groups in total. The fourth-order valence-corrected chi connectivity index (χ4v) is 2.65. The van der Waals surface area contributed by atoms with Crippen LogP contribution in [0.3, 0.4) is 0 Å². The standard InChI is InChI=1S/C13H18N4O.ClH/c1-4-9-8-6-18-13(2,3)5-7(8)10-11(14)16-17-12(10)15-9;/h4-6H2,1-3H3,(H3,14,15,16,17);1H. The highest BCUT2D eigenvalue weighted by molar-refractivity contribution is 5.90. The Morgan fingerprint density at radius 1 is 1.37 bits per heavy atom. The van der Waals surface area contributed by atoms with Gasteiger partial charge in [0, 0.05) is 17.7 Å². The molecule has 0 bridgehead atoms. The van der Waals surface area contributed by atoms with Gasteiger partial charge >= 0.3 is 0 Å². The minimum atomic E-state index is -0.157. The zero-order valence-electron chi connectivity index (χ0n) is 11.4. The minimum absolute atomic E-state index is 0. The Kier molecular flexibility index (Phi) is 3.45. The molecule has 5 nitrogen and oxygen atoms in total. The highest BCUT2D eigenvalue weighted by Gasteiger charge is 2.30. The van der Waals surface area contributed by atoms with Crippen molar-refractivity contribution >= 4 is 29.3 Å². The summed E-state index contributed by atoms with van der Waals surface area (Å²) in [4.78, 5) is 4.57. The molecule has 3 heterocycles. The van der Waals surface area contributed by atoms with Crippen LogP contribution in [0, 0.1) is 0 Å².